The van der Waals surface area contributed by atoms with Gasteiger partial charge in [0.25, 0.3) is 0 Å². The molecule has 0 aliphatic heterocycles. The van der Waals surface area contributed by atoms with Gasteiger partial charge in [-0.1, -0.05) is 72.8 Å². The molecule has 48 heavy (non-hydrogen) atoms. The summed E-state index contributed by atoms with van der Waals surface area (Å²) in [5.41, 5.74) is -3.48. The molecule has 246 valence electrons. The fourth-order valence-corrected chi connectivity index (χ4v) is 7.48. The van der Waals surface area contributed by atoms with Crippen molar-refractivity contribution in [1.82, 2.24) is 0 Å². The van der Waals surface area contributed by atoms with Crippen LogP contribution in [-0.2, 0) is 9.13 Å². The predicted octanol–water partition coefficient (Wildman–Crippen LogP) is 8.70. The molecule has 0 unspecified atom stereocenters. The Balaban J connectivity index is 1.70. The van der Waals surface area contributed by atoms with E-state index in [1.54, 1.807) is 72.8 Å². The van der Waals surface area contributed by atoms with E-state index >= 15 is 0 Å². The van der Waals surface area contributed by atoms with E-state index in [0.717, 1.165) is 7.11 Å². The van der Waals surface area contributed by atoms with Crippen molar-refractivity contribution >= 4 is 26.2 Å². The first-order valence-corrected chi connectivity index (χ1v) is 17.4. The van der Waals surface area contributed by atoms with Crippen molar-refractivity contribution in [2.45, 2.75) is 0 Å². The fourth-order valence-electron chi connectivity index (χ4n) is 4.50. The summed E-state index contributed by atoms with van der Waals surface area (Å²) in [5.74, 6) is -0.670. The Hall–Kier alpha value is -5.50. The zero-order valence-corrected chi connectivity index (χ0v) is 27.8. The van der Waals surface area contributed by atoms with Gasteiger partial charge in [-0.15, -0.1) is 0 Å². The molecule has 13 heteroatoms. The third-order valence-corrected chi connectivity index (χ3v) is 9.90. The van der Waals surface area contributed by atoms with Crippen LogP contribution in [0.2, 0.25) is 0 Å². The molecule has 5 aromatic rings. The number of hydrogen-bond acceptors (Lipinski definition) is 11. The molecule has 0 aliphatic rings. The van der Waals surface area contributed by atoms with Gasteiger partial charge in [-0.05, 0) is 48.5 Å². The van der Waals surface area contributed by atoms with Crippen LogP contribution in [0.25, 0.3) is 0 Å². The van der Waals surface area contributed by atoms with Crippen LogP contribution in [-0.4, -0.2) is 32.4 Å². The van der Waals surface area contributed by atoms with E-state index in [9.17, 15) is 18.7 Å². The molecular formula is C35H30O11P2. The molecule has 0 N–H and O–H groups in total. The zero-order valence-electron chi connectivity index (χ0n) is 26.0. The fraction of sp³-hybridized carbons (Fsp3) is 0.0857. The van der Waals surface area contributed by atoms with Crippen molar-refractivity contribution in [3.8, 4) is 40.2 Å². The summed E-state index contributed by atoms with van der Waals surface area (Å²) < 4.78 is 68.8. The second-order valence-electron chi connectivity index (χ2n) is 9.79. The number of rotatable bonds is 15. The van der Waals surface area contributed by atoms with Crippen molar-refractivity contribution in [1.29, 1.82) is 0 Å². The maximum absolute atomic E-state index is 14.6. The lowest BCUT2D eigenvalue weighted by molar-refractivity contribution is 0.103. The molecule has 0 saturated heterocycles. The maximum atomic E-state index is 14.6. The summed E-state index contributed by atoms with van der Waals surface area (Å²) in [6.45, 7) is 0. The lowest BCUT2D eigenvalue weighted by atomic mass is 10.1. The monoisotopic (exact) mass is 688 g/mol. The van der Waals surface area contributed by atoms with Gasteiger partial charge in [-0.25, -0.2) is 9.13 Å². The first kappa shape index (κ1) is 33.9. The van der Waals surface area contributed by atoms with Crippen molar-refractivity contribution in [3.05, 3.63) is 139 Å². The minimum atomic E-state index is -4.86. The number of carbonyl (C=O) groups excluding carboxylic acids is 2. The highest BCUT2D eigenvalue weighted by Crippen LogP contribution is 2.58. The van der Waals surface area contributed by atoms with Crippen LogP contribution in [0.1, 0.15) is 20.7 Å². The van der Waals surface area contributed by atoms with E-state index in [4.69, 9.17) is 32.3 Å². The van der Waals surface area contributed by atoms with Crippen LogP contribution in [0.4, 0.5) is 0 Å². The normalized spacial score (nSPS) is 11.1. The van der Waals surface area contributed by atoms with E-state index in [-0.39, 0.29) is 34.5 Å². The van der Waals surface area contributed by atoms with Crippen LogP contribution < -0.4 is 32.3 Å². The lowest BCUT2D eigenvalue weighted by Gasteiger charge is -2.24. The minimum absolute atomic E-state index is 0.0601. The third kappa shape index (κ3) is 7.39. The number of ether oxygens (including phenoxy) is 3. The van der Waals surface area contributed by atoms with E-state index in [1.165, 1.54) is 68.8 Å². The van der Waals surface area contributed by atoms with E-state index in [2.05, 4.69) is 0 Å². The number of para-hydroxylation sites is 4. The molecule has 0 spiro atoms. The molecular weight excluding hydrogens is 658 g/mol. The van der Waals surface area contributed by atoms with Gasteiger partial charge in [-0.2, -0.15) is 0 Å². The molecule has 0 saturated carbocycles. The van der Waals surface area contributed by atoms with Gasteiger partial charge in [0, 0.05) is 6.07 Å². The van der Waals surface area contributed by atoms with Gasteiger partial charge < -0.3 is 32.3 Å². The lowest BCUT2D eigenvalue weighted by Crippen LogP contribution is -2.18. The summed E-state index contributed by atoms with van der Waals surface area (Å²) in [4.78, 5) is 29.0. The largest absolute Gasteiger partial charge is 0.503 e. The number of methoxy groups -OCH3 is 3. The second-order valence-corrected chi connectivity index (χ2v) is 13.3. The molecule has 0 bridgehead atoms. The Morgan fingerprint density at radius 2 is 0.708 bits per heavy atom. The van der Waals surface area contributed by atoms with E-state index in [1.807, 2.05) is 0 Å². The smallest absolute Gasteiger partial charge is 0.496 e. The Labute approximate surface area is 277 Å². The standard InChI is InChI=1S/C35H30O11P2/c1-40-29-24-30(41-2)32(35(37)48(39,45-27-20-12-6-13-21-27)46-28-22-14-7-15-23-28)33(42-3)31(29)34(36)47(38,43-25-16-8-4-9-17-25)44-26-18-10-5-11-19-26/h4-24H,1-3H3. The van der Waals surface area contributed by atoms with Gasteiger partial charge in [0.15, 0.2) is 0 Å². The average Bonchev–Trinajstić information content (AvgIpc) is 3.11. The molecule has 5 aromatic carbocycles. The van der Waals surface area contributed by atoms with Gasteiger partial charge in [0.05, 0.1) is 21.3 Å². The quantitative estimate of drug-likeness (QED) is 0.0978. The van der Waals surface area contributed by atoms with E-state index in [0.29, 0.717) is 0 Å². The van der Waals surface area contributed by atoms with Gasteiger partial charge in [0.2, 0.25) is 0 Å². The predicted molar refractivity (Wildman–Crippen MR) is 178 cm³/mol. The minimum Gasteiger partial charge on any atom is -0.496 e. The highest BCUT2D eigenvalue weighted by Gasteiger charge is 2.48. The Morgan fingerprint density at radius 1 is 0.438 bits per heavy atom. The van der Waals surface area contributed by atoms with Crippen molar-refractivity contribution in [2.75, 3.05) is 21.3 Å². The third-order valence-electron chi connectivity index (χ3n) is 6.65. The van der Waals surface area contributed by atoms with Crippen LogP contribution in [0.5, 0.6) is 40.2 Å². The van der Waals surface area contributed by atoms with Crippen LogP contribution in [0, 0.1) is 0 Å². The van der Waals surface area contributed by atoms with Crippen LogP contribution in [0.15, 0.2) is 127 Å². The summed E-state index contributed by atoms with van der Waals surface area (Å²) in [6.07, 6.45) is 0. The maximum Gasteiger partial charge on any atom is 0.503 e. The zero-order chi connectivity index (χ0) is 34.1. The Bertz CT molecular complexity index is 1740. The van der Waals surface area contributed by atoms with Crippen LogP contribution in [0.3, 0.4) is 0 Å². The molecule has 0 aromatic heterocycles. The Kier molecular flexibility index (Phi) is 10.5. The molecule has 11 nitrogen and oxygen atoms in total. The molecule has 0 atom stereocenters. The number of carbonyl (C=O) groups is 2. The first-order chi connectivity index (χ1) is 23.2. The SMILES string of the molecule is COc1cc(OC)c(C(=O)P(=O)(Oc2ccccc2)Oc2ccccc2)c(OC)c1C(=O)P(=O)(Oc1ccccc1)Oc1ccccc1. The summed E-state index contributed by atoms with van der Waals surface area (Å²) >= 11 is 0. The molecule has 0 heterocycles. The van der Waals surface area contributed by atoms with Gasteiger partial charge in [0.1, 0.15) is 51.4 Å². The summed E-state index contributed by atoms with van der Waals surface area (Å²) in [5, 5.41) is 0. The topological polar surface area (TPSA) is 133 Å². The first-order valence-electron chi connectivity index (χ1n) is 14.3. The van der Waals surface area contributed by atoms with Crippen LogP contribution >= 0.6 is 15.2 Å². The number of hydrogen-bond donors (Lipinski definition) is 0. The molecule has 0 aliphatic carbocycles. The van der Waals surface area contributed by atoms with E-state index < -0.39 is 43.1 Å². The van der Waals surface area contributed by atoms with Crippen molar-refractivity contribution in [3.63, 3.8) is 0 Å². The highest BCUT2D eigenvalue weighted by atomic mass is 31.2. The molecule has 0 amide bonds. The summed E-state index contributed by atoms with van der Waals surface area (Å²) in [6, 6.07) is 32.9. The van der Waals surface area contributed by atoms with Crippen molar-refractivity contribution < 1.29 is 51.0 Å². The number of benzene rings is 5. The molecule has 5 rings (SSSR count). The second kappa shape index (κ2) is 14.9. The van der Waals surface area contributed by atoms with Gasteiger partial charge >= 0.3 is 26.2 Å². The molecule has 0 radical (unpaired) electrons. The van der Waals surface area contributed by atoms with Gasteiger partial charge in [-0.3, -0.25) is 9.59 Å². The Morgan fingerprint density at radius 3 is 0.938 bits per heavy atom. The average molecular weight is 689 g/mol. The molecule has 0 fully saturated rings. The van der Waals surface area contributed by atoms with Crippen molar-refractivity contribution in [2.24, 2.45) is 0 Å². The summed E-state index contributed by atoms with van der Waals surface area (Å²) in [7, 11) is -6.08. The highest BCUT2D eigenvalue weighted by molar-refractivity contribution is 7.73.